The number of allylic oxidation sites excluding steroid dienone is 5. The van der Waals surface area contributed by atoms with Crippen LogP contribution < -0.4 is 0 Å². The van der Waals surface area contributed by atoms with Crippen LogP contribution in [0.2, 0.25) is 0 Å². The summed E-state index contributed by atoms with van der Waals surface area (Å²) in [6, 6.07) is 0. The Morgan fingerprint density at radius 1 is 1.42 bits per heavy atom. The second-order valence-corrected chi connectivity index (χ2v) is 5.01. The van der Waals surface area contributed by atoms with Gasteiger partial charge in [0.05, 0.1) is 14.2 Å². The smallest absolute Gasteiger partial charge is 0.199 e. The van der Waals surface area contributed by atoms with Crippen LogP contribution in [0.5, 0.6) is 0 Å². The van der Waals surface area contributed by atoms with Gasteiger partial charge in [-0.25, -0.2) is 0 Å². The maximum Gasteiger partial charge on any atom is 0.199 e. The normalized spacial score (nSPS) is 20.4. The molecule has 1 unspecified atom stereocenters. The van der Waals surface area contributed by atoms with Gasteiger partial charge in [-0.1, -0.05) is 20.8 Å². The maximum absolute atomic E-state index is 11.7. The first-order valence-electron chi connectivity index (χ1n) is 6.38. The Kier molecular flexibility index (Phi) is 5.21. The summed E-state index contributed by atoms with van der Waals surface area (Å²) in [5.74, 6) is 0.897. The number of ketones is 1. The molecule has 0 aromatic heterocycles. The van der Waals surface area contributed by atoms with Crippen LogP contribution >= 0.6 is 0 Å². The molecule has 0 spiro atoms. The molecule has 0 aromatic carbocycles. The van der Waals surface area contributed by atoms with Crippen molar-refractivity contribution in [3.05, 3.63) is 35.0 Å². The lowest BCUT2D eigenvalue weighted by Crippen LogP contribution is -2.13. The molecule has 106 valence electrons. The van der Waals surface area contributed by atoms with Crippen molar-refractivity contribution in [1.82, 2.24) is 0 Å². The number of Topliss-reactive ketones (excluding diaryl/α,β-unsaturated/α-hetero) is 1. The highest BCUT2D eigenvalue weighted by Crippen LogP contribution is 2.31. The van der Waals surface area contributed by atoms with E-state index in [0.717, 1.165) is 11.3 Å². The van der Waals surface area contributed by atoms with E-state index in [-0.39, 0.29) is 23.4 Å². The van der Waals surface area contributed by atoms with E-state index in [1.165, 1.54) is 6.08 Å². The highest BCUT2D eigenvalue weighted by atomic mass is 16.5. The third kappa shape index (κ3) is 3.63. The molecule has 0 saturated heterocycles. The number of hydrogen-bond acceptors (Lipinski definition) is 4. The first kappa shape index (κ1) is 15.3. The van der Waals surface area contributed by atoms with Crippen molar-refractivity contribution in [2.24, 2.45) is 11.8 Å². The van der Waals surface area contributed by atoms with Crippen molar-refractivity contribution < 1.29 is 19.4 Å². The van der Waals surface area contributed by atoms with E-state index in [4.69, 9.17) is 9.47 Å². The Hall–Kier alpha value is -1.71. The van der Waals surface area contributed by atoms with E-state index in [1.54, 1.807) is 34.1 Å². The van der Waals surface area contributed by atoms with E-state index in [0.29, 0.717) is 12.2 Å². The summed E-state index contributed by atoms with van der Waals surface area (Å²) in [5.41, 5.74) is 0.858. The molecule has 0 heterocycles. The molecule has 0 fully saturated rings. The maximum atomic E-state index is 11.7. The molecule has 0 radical (unpaired) electrons. The zero-order chi connectivity index (χ0) is 14.6. The van der Waals surface area contributed by atoms with Crippen molar-refractivity contribution in [2.75, 3.05) is 14.2 Å². The quantitative estimate of drug-likeness (QED) is 0.613. The Morgan fingerprint density at radius 2 is 2.05 bits per heavy atom. The molecular formula is C15H22O4. The topological polar surface area (TPSA) is 55.8 Å². The van der Waals surface area contributed by atoms with Gasteiger partial charge in [-0.3, -0.25) is 4.79 Å². The van der Waals surface area contributed by atoms with Gasteiger partial charge in [0, 0.05) is 11.8 Å². The third-order valence-electron chi connectivity index (χ3n) is 3.09. The molecule has 0 bridgehead atoms. The molecule has 0 aliphatic heterocycles. The van der Waals surface area contributed by atoms with Crippen LogP contribution in [0, 0.1) is 11.8 Å². The minimum Gasteiger partial charge on any atom is -0.504 e. The summed E-state index contributed by atoms with van der Waals surface area (Å²) in [7, 11) is 3.18. The van der Waals surface area contributed by atoms with E-state index in [9.17, 15) is 9.90 Å². The molecule has 19 heavy (non-hydrogen) atoms. The summed E-state index contributed by atoms with van der Waals surface area (Å²) in [6.45, 7) is 5.53. The Bertz CT molecular complexity index is 441. The lowest BCUT2D eigenvalue weighted by atomic mass is 9.92. The zero-order valence-corrected chi connectivity index (χ0v) is 12.2. The number of aliphatic hydroxyl groups is 1. The zero-order valence-electron chi connectivity index (χ0n) is 12.2. The van der Waals surface area contributed by atoms with Crippen molar-refractivity contribution in [3.63, 3.8) is 0 Å². The molecule has 1 rings (SSSR count). The molecule has 4 nitrogen and oxygen atoms in total. The average molecular weight is 266 g/mol. The largest absolute Gasteiger partial charge is 0.504 e. The van der Waals surface area contributed by atoms with Gasteiger partial charge in [0.1, 0.15) is 5.76 Å². The van der Waals surface area contributed by atoms with Gasteiger partial charge >= 0.3 is 0 Å². The van der Waals surface area contributed by atoms with Crippen LogP contribution in [0.15, 0.2) is 35.0 Å². The van der Waals surface area contributed by atoms with Crippen LogP contribution in [0.3, 0.4) is 0 Å². The van der Waals surface area contributed by atoms with Gasteiger partial charge < -0.3 is 14.6 Å². The molecule has 1 N–H and O–H groups in total. The minimum atomic E-state index is -0.256. The van der Waals surface area contributed by atoms with Crippen molar-refractivity contribution in [2.45, 2.75) is 27.2 Å². The number of carbonyl (C=O) groups is 1. The first-order valence-corrected chi connectivity index (χ1v) is 6.38. The monoisotopic (exact) mass is 266 g/mol. The van der Waals surface area contributed by atoms with Crippen LogP contribution in [-0.2, 0) is 14.3 Å². The second-order valence-electron chi connectivity index (χ2n) is 5.01. The molecule has 0 saturated carbocycles. The van der Waals surface area contributed by atoms with Crippen molar-refractivity contribution in [1.29, 1.82) is 0 Å². The Labute approximate surface area is 114 Å². The predicted molar refractivity (Wildman–Crippen MR) is 73.5 cm³/mol. The highest BCUT2D eigenvalue weighted by molar-refractivity contribution is 5.94. The fraction of sp³-hybridized carbons (Fsp3) is 0.533. The van der Waals surface area contributed by atoms with E-state index >= 15 is 0 Å². The molecule has 1 aliphatic carbocycles. The highest BCUT2D eigenvalue weighted by Gasteiger charge is 2.22. The number of hydrogen-bond donors (Lipinski definition) is 1. The van der Waals surface area contributed by atoms with Crippen molar-refractivity contribution in [3.8, 4) is 0 Å². The van der Waals surface area contributed by atoms with E-state index in [2.05, 4.69) is 0 Å². The van der Waals surface area contributed by atoms with Gasteiger partial charge in [0.25, 0.3) is 0 Å². The van der Waals surface area contributed by atoms with E-state index < -0.39 is 0 Å². The Balaban J connectivity index is 3.04. The van der Waals surface area contributed by atoms with Crippen molar-refractivity contribution >= 4 is 5.78 Å². The Morgan fingerprint density at radius 3 is 2.53 bits per heavy atom. The number of methoxy groups -OCH3 is 2. The molecule has 1 aliphatic rings. The lowest BCUT2D eigenvalue weighted by molar-refractivity contribution is -0.120. The molecule has 1 atom stereocenters. The van der Waals surface area contributed by atoms with Gasteiger partial charge in [0.15, 0.2) is 17.3 Å². The first-order chi connectivity index (χ1) is 8.90. The second kappa shape index (κ2) is 6.45. The number of ether oxygens (including phenoxy) is 2. The summed E-state index contributed by atoms with van der Waals surface area (Å²) in [6.07, 6.45) is 4.01. The van der Waals surface area contributed by atoms with Crippen LogP contribution in [0.25, 0.3) is 0 Å². The summed E-state index contributed by atoms with van der Waals surface area (Å²) >= 11 is 0. The number of aliphatic hydroxyl groups excluding tert-OH is 1. The summed E-state index contributed by atoms with van der Waals surface area (Å²) < 4.78 is 10.6. The van der Waals surface area contributed by atoms with Crippen LogP contribution in [-0.4, -0.2) is 25.1 Å². The number of rotatable bonds is 5. The lowest BCUT2D eigenvalue weighted by Gasteiger charge is -2.22. The van der Waals surface area contributed by atoms with E-state index in [1.807, 2.05) is 6.92 Å². The van der Waals surface area contributed by atoms with Gasteiger partial charge in [-0.15, -0.1) is 0 Å². The van der Waals surface area contributed by atoms with Gasteiger partial charge in [0.2, 0.25) is 0 Å². The molecular weight excluding hydrogens is 244 g/mol. The fourth-order valence-electron chi connectivity index (χ4n) is 2.09. The summed E-state index contributed by atoms with van der Waals surface area (Å²) in [5, 5.41) is 9.79. The fourth-order valence-corrected chi connectivity index (χ4v) is 2.09. The SMILES string of the molecule is COC1=C(OC)C(C)CC(/C=C(\O)C(=O)C(C)C)=C1. The number of carbonyl (C=O) groups excluding carboxylic acids is 1. The third-order valence-corrected chi connectivity index (χ3v) is 3.09. The molecule has 0 amide bonds. The minimum absolute atomic E-state index is 0.151. The molecule has 0 aromatic rings. The summed E-state index contributed by atoms with van der Waals surface area (Å²) in [4.78, 5) is 11.7. The molecule has 4 heteroatoms. The van der Waals surface area contributed by atoms with Crippen LogP contribution in [0.1, 0.15) is 27.2 Å². The standard InChI is InChI=1S/C15H22O4/c1-9(2)14(17)12(16)7-11-6-10(3)15(19-5)13(8-11)18-4/h7-10,16H,6H2,1-5H3/b12-7-. The predicted octanol–water partition coefficient (Wildman–Crippen LogP) is 3.12. The van der Waals surface area contributed by atoms with Crippen LogP contribution in [0.4, 0.5) is 0 Å². The van der Waals surface area contributed by atoms with Gasteiger partial charge in [-0.2, -0.15) is 0 Å². The van der Waals surface area contributed by atoms with Gasteiger partial charge in [-0.05, 0) is 24.1 Å². The average Bonchev–Trinajstić information content (AvgIpc) is 2.36.